The number of nitrogens with zero attached hydrogens (tertiary/aromatic N) is 2. The van der Waals surface area contributed by atoms with Gasteiger partial charge in [-0.1, -0.05) is 28.1 Å². The molecule has 1 saturated heterocycles. The Hall–Kier alpha value is -1.73. The predicted molar refractivity (Wildman–Crippen MR) is 90.9 cm³/mol. The molecule has 0 aliphatic carbocycles. The van der Waals surface area contributed by atoms with Gasteiger partial charge in [0.25, 0.3) is 0 Å². The molecule has 1 aromatic heterocycles. The maximum atomic E-state index is 12.0. The molecule has 7 heteroatoms. The highest BCUT2D eigenvalue weighted by atomic mass is 79.9. The molecule has 0 radical (unpaired) electrons. The lowest BCUT2D eigenvalue weighted by Crippen LogP contribution is -2.57. The summed E-state index contributed by atoms with van der Waals surface area (Å²) in [5.41, 5.74) is 1.32. The summed E-state index contributed by atoms with van der Waals surface area (Å²) in [5, 5.41) is 11.0. The summed E-state index contributed by atoms with van der Waals surface area (Å²) >= 11 is 4.83. The van der Waals surface area contributed by atoms with Crippen molar-refractivity contribution in [2.75, 3.05) is 7.05 Å². The molecule has 22 heavy (non-hydrogen) atoms. The number of halogens is 1. The van der Waals surface area contributed by atoms with Gasteiger partial charge >= 0.3 is 0 Å². The smallest absolute Gasteiger partial charge is 0.231 e. The fraction of sp³-hybridized carbons (Fsp3) is 0.267. The van der Waals surface area contributed by atoms with E-state index in [1.165, 1.54) is 16.4 Å². The van der Waals surface area contributed by atoms with Crippen LogP contribution >= 0.6 is 27.5 Å². The number of carbonyl (C=O) groups excluding carboxylic acids is 1. The minimum absolute atomic E-state index is 0.0661. The summed E-state index contributed by atoms with van der Waals surface area (Å²) in [6, 6.07) is 9.94. The minimum Gasteiger partial charge on any atom is -0.345 e. The predicted octanol–water partition coefficient (Wildman–Crippen LogP) is 3.17. The van der Waals surface area contributed by atoms with Crippen LogP contribution in [0.4, 0.5) is 0 Å². The standard InChI is InChI=1S/C15H15BrN4OS/c1-15(8-13(21)20(2)14(17)18-15)12-7-11(19-22-12)9-4-3-5-10(16)6-9/h3-7H,8H2,1-2H3,(H2,17,18). The van der Waals surface area contributed by atoms with Crippen molar-refractivity contribution in [3.05, 3.63) is 39.7 Å². The maximum Gasteiger partial charge on any atom is 0.231 e. The van der Waals surface area contributed by atoms with Crippen molar-refractivity contribution in [1.29, 1.82) is 5.41 Å². The zero-order chi connectivity index (χ0) is 15.9. The Kier molecular flexibility index (Phi) is 3.78. The molecule has 1 amide bonds. The van der Waals surface area contributed by atoms with Crippen molar-refractivity contribution in [2.24, 2.45) is 0 Å². The third-order valence-electron chi connectivity index (χ3n) is 3.78. The molecule has 1 unspecified atom stereocenters. The summed E-state index contributed by atoms with van der Waals surface area (Å²) in [5.74, 6) is 0.0554. The molecule has 1 atom stereocenters. The van der Waals surface area contributed by atoms with Crippen molar-refractivity contribution in [3.63, 3.8) is 0 Å². The number of nitrogens with one attached hydrogen (secondary N) is 2. The van der Waals surface area contributed by atoms with Gasteiger partial charge in [-0.25, -0.2) is 0 Å². The van der Waals surface area contributed by atoms with Crippen LogP contribution in [0.1, 0.15) is 18.2 Å². The normalized spacial score (nSPS) is 21.9. The molecule has 2 aromatic rings. The van der Waals surface area contributed by atoms with Crippen molar-refractivity contribution < 1.29 is 4.79 Å². The maximum absolute atomic E-state index is 12.0. The molecular weight excluding hydrogens is 364 g/mol. The van der Waals surface area contributed by atoms with E-state index >= 15 is 0 Å². The second-order valence-corrected chi connectivity index (χ2v) is 7.24. The lowest BCUT2D eigenvalue weighted by atomic mass is 9.92. The Balaban J connectivity index is 1.93. The number of benzene rings is 1. The zero-order valence-corrected chi connectivity index (χ0v) is 14.6. The van der Waals surface area contributed by atoms with Gasteiger partial charge < -0.3 is 5.32 Å². The molecule has 1 aliphatic heterocycles. The molecule has 0 bridgehead atoms. The van der Waals surface area contributed by atoms with Crippen LogP contribution in [0.15, 0.2) is 34.8 Å². The van der Waals surface area contributed by atoms with Gasteiger partial charge in [0.05, 0.1) is 22.5 Å². The van der Waals surface area contributed by atoms with E-state index < -0.39 is 5.54 Å². The summed E-state index contributed by atoms with van der Waals surface area (Å²) < 4.78 is 5.50. The SMILES string of the molecule is CN1C(=N)NC(C)(c2cc(-c3cccc(Br)c3)ns2)CC1=O. The van der Waals surface area contributed by atoms with Gasteiger partial charge in [0, 0.05) is 17.1 Å². The summed E-state index contributed by atoms with van der Waals surface area (Å²) in [6.07, 6.45) is 0.312. The van der Waals surface area contributed by atoms with Gasteiger partial charge in [0.1, 0.15) is 0 Å². The Morgan fingerprint density at radius 2 is 2.23 bits per heavy atom. The van der Waals surface area contributed by atoms with Crippen LogP contribution in [0.5, 0.6) is 0 Å². The van der Waals surface area contributed by atoms with Crippen LogP contribution in [0, 0.1) is 5.41 Å². The summed E-state index contributed by atoms with van der Waals surface area (Å²) in [4.78, 5) is 14.3. The topological polar surface area (TPSA) is 69.1 Å². The van der Waals surface area contributed by atoms with Crippen LogP contribution in [0.2, 0.25) is 0 Å². The summed E-state index contributed by atoms with van der Waals surface area (Å²) in [6.45, 7) is 1.94. The molecule has 2 N–H and O–H groups in total. The van der Waals surface area contributed by atoms with E-state index in [1.54, 1.807) is 7.05 Å². The molecule has 0 spiro atoms. The van der Waals surface area contributed by atoms with Gasteiger partial charge in [-0.2, -0.15) is 4.37 Å². The van der Waals surface area contributed by atoms with E-state index in [9.17, 15) is 4.79 Å². The van der Waals surface area contributed by atoms with E-state index in [-0.39, 0.29) is 11.9 Å². The van der Waals surface area contributed by atoms with Gasteiger partial charge in [0.15, 0.2) is 5.96 Å². The fourth-order valence-electron chi connectivity index (χ4n) is 2.40. The van der Waals surface area contributed by atoms with E-state index in [2.05, 4.69) is 25.6 Å². The lowest BCUT2D eigenvalue weighted by molar-refractivity contribution is -0.129. The lowest BCUT2D eigenvalue weighted by Gasteiger charge is -2.38. The van der Waals surface area contributed by atoms with Crippen molar-refractivity contribution in [1.82, 2.24) is 14.6 Å². The number of hydrogen-bond acceptors (Lipinski definition) is 4. The number of guanidine groups is 1. The Morgan fingerprint density at radius 1 is 1.45 bits per heavy atom. The van der Waals surface area contributed by atoms with Crippen molar-refractivity contribution >= 4 is 39.3 Å². The van der Waals surface area contributed by atoms with Gasteiger partial charge in [-0.15, -0.1) is 0 Å². The highest BCUT2D eigenvalue weighted by Crippen LogP contribution is 2.34. The van der Waals surface area contributed by atoms with Crippen LogP contribution in [0.3, 0.4) is 0 Å². The Morgan fingerprint density at radius 3 is 2.91 bits per heavy atom. The highest BCUT2D eigenvalue weighted by molar-refractivity contribution is 9.10. The number of rotatable bonds is 2. The molecule has 5 nitrogen and oxygen atoms in total. The monoisotopic (exact) mass is 378 g/mol. The molecule has 1 aromatic carbocycles. The first-order chi connectivity index (χ1) is 10.4. The summed E-state index contributed by atoms with van der Waals surface area (Å²) in [7, 11) is 1.61. The molecule has 2 heterocycles. The molecule has 0 saturated carbocycles. The van der Waals surface area contributed by atoms with Crippen LogP contribution in [-0.4, -0.2) is 28.2 Å². The van der Waals surface area contributed by atoms with E-state index in [0.717, 1.165) is 20.6 Å². The molecule has 3 rings (SSSR count). The first kappa shape index (κ1) is 15.2. The molecular formula is C15H15BrN4OS. The van der Waals surface area contributed by atoms with Gasteiger partial charge in [-0.05, 0) is 36.7 Å². The van der Waals surface area contributed by atoms with E-state index in [4.69, 9.17) is 5.41 Å². The molecule has 114 valence electrons. The van der Waals surface area contributed by atoms with E-state index in [0.29, 0.717) is 6.42 Å². The molecule has 1 fully saturated rings. The van der Waals surface area contributed by atoms with Crippen LogP contribution in [0.25, 0.3) is 11.3 Å². The third kappa shape index (κ3) is 2.66. The van der Waals surface area contributed by atoms with Gasteiger partial charge in [-0.3, -0.25) is 15.1 Å². The molecule has 1 aliphatic rings. The van der Waals surface area contributed by atoms with Crippen molar-refractivity contribution in [2.45, 2.75) is 18.9 Å². The quantitative estimate of drug-likeness (QED) is 0.842. The number of hydrogen-bond donors (Lipinski definition) is 2. The minimum atomic E-state index is -0.581. The fourth-order valence-corrected chi connectivity index (χ4v) is 3.65. The zero-order valence-electron chi connectivity index (χ0n) is 12.2. The van der Waals surface area contributed by atoms with Crippen molar-refractivity contribution in [3.8, 4) is 11.3 Å². The van der Waals surface area contributed by atoms with Crippen LogP contribution in [-0.2, 0) is 10.3 Å². The van der Waals surface area contributed by atoms with E-state index in [1.807, 2.05) is 37.3 Å². The first-order valence-electron chi connectivity index (χ1n) is 6.75. The average Bonchev–Trinajstić information content (AvgIpc) is 2.95. The second-order valence-electron chi connectivity index (χ2n) is 5.52. The van der Waals surface area contributed by atoms with Gasteiger partial charge in [0.2, 0.25) is 5.91 Å². The average molecular weight is 379 g/mol. The first-order valence-corrected chi connectivity index (χ1v) is 8.32. The Labute approximate surface area is 141 Å². The van der Waals surface area contributed by atoms with Crippen LogP contribution < -0.4 is 5.32 Å². The highest BCUT2D eigenvalue weighted by Gasteiger charge is 2.39. The number of carbonyl (C=O) groups is 1. The Bertz CT molecular complexity index is 740. The largest absolute Gasteiger partial charge is 0.345 e. The number of aromatic nitrogens is 1. The second kappa shape index (κ2) is 5.48. The number of amides is 1. The third-order valence-corrected chi connectivity index (χ3v) is 5.33.